The minimum absolute atomic E-state index is 0.0705. The average molecular weight is 432 g/mol. The minimum Gasteiger partial charge on any atom is -0.257 e. The molecule has 0 amide bonds. The molecule has 0 N–H and O–H groups in total. The Balaban J connectivity index is 1.96. The monoisotopic (exact) mass is 431 g/mol. The zero-order valence-corrected chi connectivity index (χ0v) is 20.0. The van der Waals surface area contributed by atoms with E-state index in [4.69, 9.17) is 0 Å². The van der Waals surface area contributed by atoms with E-state index in [2.05, 4.69) is 56.6 Å². The molecule has 0 spiro atoms. The fourth-order valence-electron chi connectivity index (χ4n) is 3.76. The first kappa shape index (κ1) is 23.6. The first-order valence-corrected chi connectivity index (χ1v) is 10.8. The molecule has 3 rings (SSSR count). The third-order valence-corrected chi connectivity index (χ3v) is 6.18. The number of nitrogens with zero attached hydrogens (tertiary/aromatic N) is 1. The Morgan fingerprint density at radius 2 is 1.44 bits per heavy atom. The van der Waals surface area contributed by atoms with Crippen LogP contribution in [0.4, 0.5) is 8.78 Å². The van der Waals surface area contributed by atoms with Crippen LogP contribution in [0.5, 0.6) is 0 Å². The highest BCUT2D eigenvalue weighted by Crippen LogP contribution is 2.32. The van der Waals surface area contributed by atoms with E-state index < -0.39 is 11.6 Å². The SMILES string of the molecule is C=C(/C=C(\C)c1cc(-c2ccc(C(C)(C)C)cc2)ccn1)c1c(F)c(C)c(C)c(C)c1F. The standard InChI is InChI=1S/C29H31F2N/c1-17(15-18(2)26-27(30)20(4)19(3)21(5)28(26)31)25-16-23(13-14-32-25)22-9-11-24(12-10-22)29(6,7)8/h9-16H,2H2,1,3-8H3/b17-15+. The molecule has 3 heteroatoms. The van der Waals surface area contributed by atoms with Gasteiger partial charge in [-0.1, -0.05) is 51.6 Å². The summed E-state index contributed by atoms with van der Waals surface area (Å²) in [6, 6.07) is 12.5. The maximum atomic E-state index is 14.9. The highest BCUT2D eigenvalue weighted by molar-refractivity contribution is 5.83. The summed E-state index contributed by atoms with van der Waals surface area (Å²) in [7, 11) is 0. The van der Waals surface area contributed by atoms with Gasteiger partial charge >= 0.3 is 0 Å². The quantitative estimate of drug-likeness (QED) is 0.378. The van der Waals surface area contributed by atoms with Crippen LogP contribution in [0.1, 0.15) is 61.2 Å². The molecule has 0 aliphatic heterocycles. The number of benzene rings is 2. The Hall–Kier alpha value is -3.07. The lowest BCUT2D eigenvalue weighted by molar-refractivity contribution is 0.563. The Kier molecular flexibility index (Phi) is 6.50. The molecule has 0 saturated carbocycles. The minimum atomic E-state index is -0.555. The zero-order valence-electron chi connectivity index (χ0n) is 20.0. The van der Waals surface area contributed by atoms with Gasteiger partial charge in [-0.2, -0.15) is 0 Å². The van der Waals surface area contributed by atoms with Gasteiger partial charge in [-0.15, -0.1) is 0 Å². The van der Waals surface area contributed by atoms with E-state index >= 15 is 0 Å². The first-order chi connectivity index (χ1) is 14.9. The maximum Gasteiger partial charge on any atom is 0.137 e. The van der Waals surface area contributed by atoms with Gasteiger partial charge in [-0.3, -0.25) is 4.98 Å². The molecule has 32 heavy (non-hydrogen) atoms. The fraction of sp³-hybridized carbons (Fsp3) is 0.276. The molecule has 0 atom stereocenters. The second kappa shape index (κ2) is 8.82. The van der Waals surface area contributed by atoms with Crippen LogP contribution < -0.4 is 0 Å². The van der Waals surface area contributed by atoms with Crippen molar-refractivity contribution in [1.82, 2.24) is 4.98 Å². The number of hydrogen-bond acceptors (Lipinski definition) is 1. The molecular formula is C29H31F2N. The van der Waals surface area contributed by atoms with Crippen molar-refractivity contribution in [2.75, 3.05) is 0 Å². The summed E-state index contributed by atoms with van der Waals surface area (Å²) < 4.78 is 29.7. The normalized spacial score (nSPS) is 12.2. The van der Waals surface area contributed by atoms with Crippen molar-refractivity contribution in [1.29, 1.82) is 0 Å². The molecule has 0 fully saturated rings. The predicted molar refractivity (Wildman–Crippen MR) is 132 cm³/mol. The average Bonchev–Trinajstić information content (AvgIpc) is 2.76. The van der Waals surface area contributed by atoms with Crippen LogP contribution in [0.2, 0.25) is 0 Å². The third kappa shape index (κ3) is 4.57. The van der Waals surface area contributed by atoms with Crippen molar-refractivity contribution in [2.24, 2.45) is 0 Å². The van der Waals surface area contributed by atoms with Crippen molar-refractivity contribution < 1.29 is 8.78 Å². The Morgan fingerprint density at radius 1 is 0.875 bits per heavy atom. The third-order valence-electron chi connectivity index (χ3n) is 6.18. The summed E-state index contributed by atoms with van der Waals surface area (Å²) in [5.41, 5.74) is 6.78. The molecule has 166 valence electrons. The van der Waals surface area contributed by atoms with E-state index in [1.165, 1.54) is 5.56 Å². The van der Waals surface area contributed by atoms with Gasteiger partial charge in [-0.05, 0) is 95.8 Å². The smallest absolute Gasteiger partial charge is 0.137 e. The van der Waals surface area contributed by atoms with Crippen molar-refractivity contribution in [3.8, 4) is 11.1 Å². The van der Waals surface area contributed by atoms with Gasteiger partial charge in [0.1, 0.15) is 11.6 Å². The molecule has 0 saturated heterocycles. The van der Waals surface area contributed by atoms with E-state index in [0.29, 0.717) is 22.3 Å². The number of hydrogen-bond donors (Lipinski definition) is 0. The van der Waals surface area contributed by atoms with Crippen LogP contribution in [0.3, 0.4) is 0 Å². The van der Waals surface area contributed by atoms with Crippen LogP contribution >= 0.6 is 0 Å². The number of pyridine rings is 1. The second-order valence-corrected chi connectivity index (χ2v) is 9.49. The highest BCUT2D eigenvalue weighted by atomic mass is 19.1. The summed E-state index contributed by atoms with van der Waals surface area (Å²) in [5, 5.41) is 0. The fourth-order valence-corrected chi connectivity index (χ4v) is 3.76. The van der Waals surface area contributed by atoms with Gasteiger partial charge in [0.2, 0.25) is 0 Å². The van der Waals surface area contributed by atoms with Crippen molar-refractivity contribution in [3.05, 3.63) is 100 Å². The number of aromatic nitrogens is 1. The molecular weight excluding hydrogens is 400 g/mol. The zero-order chi connectivity index (χ0) is 23.8. The molecule has 1 nitrogen and oxygen atoms in total. The largest absolute Gasteiger partial charge is 0.257 e. The number of rotatable bonds is 4. The predicted octanol–water partition coefficient (Wildman–Crippen LogP) is 8.37. The van der Waals surface area contributed by atoms with E-state index in [9.17, 15) is 8.78 Å². The molecule has 2 aromatic carbocycles. The van der Waals surface area contributed by atoms with Crippen LogP contribution in [-0.4, -0.2) is 4.98 Å². The second-order valence-electron chi connectivity index (χ2n) is 9.49. The van der Waals surface area contributed by atoms with Crippen LogP contribution in [0.25, 0.3) is 22.3 Å². The summed E-state index contributed by atoms with van der Waals surface area (Å²) >= 11 is 0. The Bertz CT molecular complexity index is 1180. The van der Waals surface area contributed by atoms with Crippen LogP contribution in [-0.2, 0) is 5.41 Å². The molecule has 1 heterocycles. The van der Waals surface area contributed by atoms with Crippen LogP contribution in [0, 0.1) is 32.4 Å². The van der Waals surface area contributed by atoms with E-state index in [1.54, 1.807) is 33.0 Å². The lowest BCUT2D eigenvalue weighted by atomic mass is 9.86. The van der Waals surface area contributed by atoms with Gasteiger partial charge in [0.05, 0.1) is 11.3 Å². The molecule has 0 unspecified atom stereocenters. The van der Waals surface area contributed by atoms with Crippen molar-refractivity contribution >= 4 is 11.1 Å². The van der Waals surface area contributed by atoms with Gasteiger partial charge in [0.15, 0.2) is 0 Å². The highest BCUT2D eigenvalue weighted by Gasteiger charge is 2.19. The van der Waals surface area contributed by atoms with Crippen LogP contribution in [0.15, 0.2) is 55.3 Å². The molecule has 0 aliphatic rings. The molecule has 0 aliphatic carbocycles. The molecule has 1 aromatic heterocycles. The van der Waals surface area contributed by atoms with E-state index in [0.717, 1.165) is 22.4 Å². The van der Waals surface area contributed by atoms with Gasteiger partial charge < -0.3 is 0 Å². The van der Waals surface area contributed by atoms with E-state index in [1.807, 2.05) is 19.1 Å². The maximum absolute atomic E-state index is 14.9. The topological polar surface area (TPSA) is 12.9 Å². The summed E-state index contributed by atoms with van der Waals surface area (Å²) in [6.45, 7) is 17.5. The summed E-state index contributed by atoms with van der Waals surface area (Å²) in [5.74, 6) is -1.11. The number of allylic oxidation sites excluding steroid dienone is 3. The van der Waals surface area contributed by atoms with Crippen molar-refractivity contribution in [3.63, 3.8) is 0 Å². The van der Waals surface area contributed by atoms with Crippen molar-refractivity contribution in [2.45, 2.75) is 53.9 Å². The lowest BCUT2D eigenvalue weighted by Gasteiger charge is -2.19. The molecule has 3 aromatic rings. The summed E-state index contributed by atoms with van der Waals surface area (Å²) in [6.07, 6.45) is 3.45. The Labute approximate surface area is 190 Å². The van der Waals surface area contributed by atoms with Gasteiger partial charge in [-0.25, -0.2) is 8.78 Å². The van der Waals surface area contributed by atoms with Gasteiger partial charge in [0.25, 0.3) is 0 Å². The van der Waals surface area contributed by atoms with E-state index in [-0.39, 0.29) is 11.0 Å². The van der Waals surface area contributed by atoms with Gasteiger partial charge in [0, 0.05) is 6.20 Å². The molecule has 0 radical (unpaired) electrons. The Morgan fingerprint density at radius 3 is 1.97 bits per heavy atom. The molecule has 0 bridgehead atoms. The summed E-state index contributed by atoms with van der Waals surface area (Å²) in [4.78, 5) is 4.47. The lowest BCUT2D eigenvalue weighted by Crippen LogP contribution is -2.10. The number of halogens is 2. The first-order valence-electron chi connectivity index (χ1n) is 10.8.